The predicted molar refractivity (Wildman–Crippen MR) is 54.6 cm³/mol. The number of aryl methyl sites for hydroxylation is 1. The van der Waals surface area contributed by atoms with Crippen molar-refractivity contribution in [3.8, 4) is 0 Å². The molecule has 1 heterocycles. The Balaban J connectivity index is 1.96. The van der Waals surface area contributed by atoms with Gasteiger partial charge in [0, 0.05) is 18.8 Å². The van der Waals surface area contributed by atoms with Crippen LogP contribution in [0.4, 0.5) is 0 Å². The summed E-state index contributed by atoms with van der Waals surface area (Å²) in [6, 6.07) is 0. The molecule has 1 aromatic rings. The number of hydrogen-bond donors (Lipinski definition) is 2. The maximum Gasteiger partial charge on any atom is 0.105 e. The number of aromatic nitrogens is 2. The minimum Gasteiger partial charge on any atom is -0.349 e. The fourth-order valence-corrected chi connectivity index (χ4v) is 1.42. The molecule has 0 atom stereocenters. The number of unbranched alkanes of at least 4 members (excludes halogenated alkanes) is 3. The van der Waals surface area contributed by atoms with Gasteiger partial charge in [-0.15, -0.1) is 0 Å². The first-order valence-electron chi connectivity index (χ1n) is 4.52. The second-order valence-corrected chi connectivity index (χ2v) is 3.37. The van der Waals surface area contributed by atoms with Crippen LogP contribution in [0.5, 0.6) is 0 Å². The van der Waals surface area contributed by atoms with Crippen LogP contribution in [-0.4, -0.2) is 15.7 Å². The van der Waals surface area contributed by atoms with E-state index in [0.29, 0.717) is 0 Å². The lowest BCUT2D eigenvalue weighted by Crippen LogP contribution is -1.88. The van der Waals surface area contributed by atoms with Gasteiger partial charge in [-0.2, -0.15) is 12.6 Å². The standard InChI is InChI=1S/C9H16N2S/c12-8-4-2-1-3-5-9-10-6-7-11-9/h6-7,12H,1-5,8H2,(H,10,11). The third-order valence-corrected chi connectivity index (χ3v) is 2.19. The summed E-state index contributed by atoms with van der Waals surface area (Å²) >= 11 is 4.16. The summed E-state index contributed by atoms with van der Waals surface area (Å²) in [4.78, 5) is 7.27. The van der Waals surface area contributed by atoms with Crippen LogP contribution in [0.25, 0.3) is 0 Å². The molecule has 0 aromatic carbocycles. The number of aromatic amines is 1. The van der Waals surface area contributed by atoms with Crippen LogP contribution in [0.15, 0.2) is 12.4 Å². The molecule has 0 aliphatic heterocycles. The Morgan fingerprint density at radius 3 is 2.75 bits per heavy atom. The van der Waals surface area contributed by atoms with Gasteiger partial charge in [0.05, 0.1) is 0 Å². The van der Waals surface area contributed by atoms with Crippen molar-refractivity contribution in [1.82, 2.24) is 9.97 Å². The van der Waals surface area contributed by atoms with E-state index < -0.39 is 0 Å². The second kappa shape index (κ2) is 6.12. The van der Waals surface area contributed by atoms with Crippen LogP contribution in [-0.2, 0) is 6.42 Å². The molecule has 1 aromatic heterocycles. The molecule has 0 fully saturated rings. The number of imidazole rings is 1. The van der Waals surface area contributed by atoms with E-state index in [1.165, 1.54) is 25.7 Å². The van der Waals surface area contributed by atoms with Crippen LogP contribution in [0, 0.1) is 0 Å². The van der Waals surface area contributed by atoms with Gasteiger partial charge in [0.25, 0.3) is 0 Å². The SMILES string of the molecule is SCCCCCCc1ncc[nH]1. The minimum atomic E-state index is 1.01. The van der Waals surface area contributed by atoms with E-state index >= 15 is 0 Å². The van der Waals surface area contributed by atoms with Crippen molar-refractivity contribution < 1.29 is 0 Å². The van der Waals surface area contributed by atoms with E-state index in [1.807, 2.05) is 12.4 Å². The molecule has 0 unspecified atom stereocenters. The lowest BCUT2D eigenvalue weighted by atomic mass is 10.1. The van der Waals surface area contributed by atoms with E-state index in [-0.39, 0.29) is 0 Å². The average molecular weight is 184 g/mol. The molecule has 0 radical (unpaired) electrons. The predicted octanol–water partition coefficient (Wildman–Crippen LogP) is 2.44. The maximum absolute atomic E-state index is 4.16. The molecule has 0 saturated heterocycles. The molecular weight excluding hydrogens is 168 g/mol. The zero-order valence-corrected chi connectivity index (χ0v) is 8.19. The van der Waals surface area contributed by atoms with E-state index in [9.17, 15) is 0 Å². The van der Waals surface area contributed by atoms with Gasteiger partial charge >= 0.3 is 0 Å². The van der Waals surface area contributed by atoms with Crippen molar-refractivity contribution in [2.75, 3.05) is 5.75 Å². The topological polar surface area (TPSA) is 28.7 Å². The molecule has 0 bridgehead atoms. The van der Waals surface area contributed by atoms with Crippen molar-refractivity contribution in [1.29, 1.82) is 0 Å². The summed E-state index contributed by atoms with van der Waals surface area (Å²) in [6.45, 7) is 0. The van der Waals surface area contributed by atoms with Gasteiger partial charge in [-0.05, 0) is 18.6 Å². The molecule has 2 nitrogen and oxygen atoms in total. The van der Waals surface area contributed by atoms with Crippen LogP contribution in [0.3, 0.4) is 0 Å². The average Bonchev–Trinajstić information content (AvgIpc) is 2.57. The molecular formula is C9H16N2S. The molecule has 1 N–H and O–H groups in total. The molecule has 68 valence electrons. The summed E-state index contributed by atoms with van der Waals surface area (Å²) in [7, 11) is 0. The zero-order chi connectivity index (χ0) is 8.65. The van der Waals surface area contributed by atoms with Gasteiger partial charge in [-0.1, -0.05) is 12.8 Å². The highest BCUT2D eigenvalue weighted by atomic mass is 32.1. The van der Waals surface area contributed by atoms with Crippen LogP contribution >= 0.6 is 12.6 Å². The molecule has 0 spiro atoms. The number of nitrogens with zero attached hydrogens (tertiary/aromatic N) is 1. The molecule has 0 aliphatic carbocycles. The Bertz CT molecular complexity index is 184. The molecule has 12 heavy (non-hydrogen) atoms. The Kier molecular flexibility index (Phi) is 4.92. The number of nitrogens with one attached hydrogen (secondary N) is 1. The molecule has 1 rings (SSSR count). The Morgan fingerprint density at radius 2 is 2.08 bits per heavy atom. The van der Waals surface area contributed by atoms with E-state index in [0.717, 1.165) is 18.0 Å². The lowest BCUT2D eigenvalue weighted by Gasteiger charge is -1.97. The summed E-state index contributed by atoms with van der Waals surface area (Å²) in [5.41, 5.74) is 0. The summed E-state index contributed by atoms with van der Waals surface area (Å²) in [5, 5.41) is 0. The number of H-pyrrole nitrogens is 1. The van der Waals surface area contributed by atoms with Crippen LogP contribution in [0.2, 0.25) is 0 Å². The van der Waals surface area contributed by atoms with Gasteiger partial charge < -0.3 is 4.98 Å². The van der Waals surface area contributed by atoms with Crippen molar-refractivity contribution >= 4 is 12.6 Å². The maximum atomic E-state index is 4.16. The minimum absolute atomic E-state index is 1.01. The number of hydrogen-bond acceptors (Lipinski definition) is 2. The summed E-state index contributed by atoms with van der Waals surface area (Å²) in [6.07, 6.45) is 9.83. The highest BCUT2D eigenvalue weighted by Crippen LogP contribution is 2.04. The number of thiol groups is 1. The largest absolute Gasteiger partial charge is 0.349 e. The summed E-state index contributed by atoms with van der Waals surface area (Å²) in [5.74, 6) is 2.13. The zero-order valence-electron chi connectivity index (χ0n) is 7.29. The molecule has 0 amide bonds. The normalized spacial score (nSPS) is 10.4. The van der Waals surface area contributed by atoms with Gasteiger partial charge in [0.15, 0.2) is 0 Å². The lowest BCUT2D eigenvalue weighted by molar-refractivity contribution is 0.659. The highest BCUT2D eigenvalue weighted by Gasteiger charge is 1.93. The fraction of sp³-hybridized carbons (Fsp3) is 0.667. The second-order valence-electron chi connectivity index (χ2n) is 2.92. The molecule has 3 heteroatoms. The van der Waals surface area contributed by atoms with Crippen LogP contribution < -0.4 is 0 Å². The third kappa shape index (κ3) is 3.81. The van der Waals surface area contributed by atoms with E-state index in [4.69, 9.17) is 0 Å². The quantitative estimate of drug-likeness (QED) is 0.516. The first kappa shape index (κ1) is 9.65. The van der Waals surface area contributed by atoms with Gasteiger partial charge in [-0.3, -0.25) is 0 Å². The van der Waals surface area contributed by atoms with Crippen molar-refractivity contribution in [2.45, 2.75) is 32.1 Å². The van der Waals surface area contributed by atoms with Crippen molar-refractivity contribution in [3.63, 3.8) is 0 Å². The van der Waals surface area contributed by atoms with Gasteiger partial charge in [-0.25, -0.2) is 4.98 Å². The first-order chi connectivity index (χ1) is 5.93. The van der Waals surface area contributed by atoms with Crippen LogP contribution in [0.1, 0.15) is 31.5 Å². The number of rotatable bonds is 6. The third-order valence-electron chi connectivity index (χ3n) is 1.88. The van der Waals surface area contributed by atoms with E-state index in [1.54, 1.807) is 0 Å². The highest BCUT2D eigenvalue weighted by molar-refractivity contribution is 7.80. The molecule has 0 aliphatic rings. The van der Waals surface area contributed by atoms with E-state index in [2.05, 4.69) is 22.6 Å². The molecule has 0 saturated carbocycles. The Hall–Kier alpha value is -0.440. The van der Waals surface area contributed by atoms with Gasteiger partial charge in [0.1, 0.15) is 5.82 Å². The van der Waals surface area contributed by atoms with Crippen molar-refractivity contribution in [2.24, 2.45) is 0 Å². The first-order valence-corrected chi connectivity index (χ1v) is 5.16. The van der Waals surface area contributed by atoms with Gasteiger partial charge in [0.2, 0.25) is 0 Å². The monoisotopic (exact) mass is 184 g/mol. The smallest absolute Gasteiger partial charge is 0.105 e. The van der Waals surface area contributed by atoms with Crippen molar-refractivity contribution in [3.05, 3.63) is 18.2 Å². The summed E-state index contributed by atoms with van der Waals surface area (Å²) < 4.78 is 0. The Morgan fingerprint density at radius 1 is 1.25 bits per heavy atom. The Labute approximate surface area is 79.2 Å². The fourth-order valence-electron chi connectivity index (χ4n) is 1.19.